The quantitative estimate of drug-likeness (QED) is 0.871. The number of fused-ring (bicyclic) bond motifs is 5. The Morgan fingerprint density at radius 1 is 1.29 bits per heavy atom. The summed E-state index contributed by atoms with van der Waals surface area (Å²) in [6.45, 7) is 0. The topological polar surface area (TPSA) is 71.0 Å². The maximum atomic E-state index is 13.1. The van der Waals surface area contributed by atoms with Crippen LogP contribution in [0, 0.1) is 11.3 Å². The molecule has 1 aliphatic carbocycles. The fourth-order valence-electron chi connectivity index (χ4n) is 3.93. The molecule has 2 bridgehead atoms. The molecule has 0 radical (unpaired) electrons. The zero-order chi connectivity index (χ0) is 17.2. The van der Waals surface area contributed by atoms with Crippen LogP contribution < -0.4 is 5.69 Å². The average molecular weight is 335 g/mol. The third kappa shape index (κ3) is 1.84. The zero-order valence-electron chi connectivity index (χ0n) is 12.3. The van der Waals surface area contributed by atoms with Gasteiger partial charge in [0.15, 0.2) is 0 Å². The van der Waals surface area contributed by atoms with Gasteiger partial charge < -0.3 is 5.11 Å². The van der Waals surface area contributed by atoms with Gasteiger partial charge in [-0.1, -0.05) is 0 Å². The second-order valence-corrected chi connectivity index (χ2v) is 6.20. The number of imidazole rings is 1. The lowest BCUT2D eigenvalue weighted by molar-refractivity contribution is -0.137. The molecule has 0 amide bonds. The Kier molecular flexibility index (Phi) is 2.89. The van der Waals surface area contributed by atoms with Crippen LogP contribution in [-0.2, 0) is 6.18 Å². The summed E-state index contributed by atoms with van der Waals surface area (Å²) in [5.41, 5.74) is -1.76. The Hall–Kier alpha value is -2.69. The molecule has 24 heavy (non-hydrogen) atoms. The van der Waals surface area contributed by atoms with Crippen molar-refractivity contribution in [1.29, 1.82) is 5.26 Å². The van der Waals surface area contributed by atoms with Crippen molar-refractivity contribution in [2.24, 2.45) is 0 Å². The molecule has 1 N–H and O–H groups in total. The van der Waals surface area contributed by atoms with E-state index in [0.717, 1.165) is 36.0 Å². The molecule has 2 heterocycles. The number of nitrogens with zero attached hydrogens (tertiary/aromatic N) is 3. The van der Waals surface area contributed by atoms with Crippen LogP contribution in [0.1, 0.15) is 48.0 Å². The van der Waals surface area contributed by atoms with Gasteiger partial charge >= 0.3 is 11.9 Å². The van der Waals surface area contributed by atoms with Crippen LogP contribution in [0.25, 0.3) is 5.69 Å². The maximum absolute atomic E-state index is 13.1. The van der Waals surface area contributed by atoms with Crippen molar-refractivity contribution in [2.45, 2.75) is 37.4 Å². The number of hydrogen-bond acceptors (Lipinski definition) is 3. The first-order chi connectivity index (χ1) is 11.3. The Labute approximate surface area is 134 Å². The molecule has 4 rings (SSSR count). The molecule has 8 heteroatoms. The maximum Gasteiger partial charge on any atom is 0.417 e. The molecule has 124 valence electrons. The molecule has 5 nitrogen and oxygen atoms in total. The number of halogens is 3. The highest BCUT2D eigenvalue weighted by molar-refractivity contribution is 5.50. The lowest BCUT2D eigenvalue weighted by atomic mass is 10.1. The monoisotopic (exact) mass is 335 g/mol. The highest BCUT2D eigenvalue weighted by Crippen LogP contribution is 2.51. The number of aromatic nitrogens is 2. The van der Waals surface area contributed by atoms with Crippen molar-refractivity contribution in [3.05, 3.63) is 45.5 Å². The number of aromatic hydroxyl groups is 1. The molecule has 2 atom stereocenters. The standard InChI is InChI=1S/C16H12F3N3O2/c17-16(18,19)12-6-11(4-2-9(12)7-20)22-14(23)13-8-1-3-10(5-8)21(13)15(22)24/h2,4,6,8,10,23H,1,3,5H2/t8-,10+/m0/s1. The van der Waals surface area contributed by atoms with Crippen LogP contribution in [0.4, 0.5) is 13.2 Å². The number of hydrogen-bond donors (Lipinski definition) is 1. The minimum atomic E-state index is -4.72. The Morgan fingerprint density at radius 2 is 2.04 bits per heavy atom. The molecule has 1 saturated carbocycles. The minimum Gasteiger partial charge on any atom is -0.493 e. The molecule has 1 aromatic carbocycles. The zero-order valence-corrected chi connectivity index (χ0v) is 12.3. The molecule has 2 aromatic rings. The molecular formula is C16H12F3N3O2. The summed E-state index contributed by atoms with van der Waals surface area (Å²) in [4.78, 5) is 12.6. The second kappa shape index (κ2) is 4.66. The van der Waals surface area contributed by atoms with Gasteiger partial charge in [0, 0.05) is 12.0 Å². The number of rotatable bonds is 1. The van der Waals surface area contributed by atoms with Gasteiger partial charge in [0.25, 0.3) is 0 Å². The first kappa shape index (κ1) is 14.9. The summed E-state index contributed by atoms with van der Waals surface area (Å²) in [5.74, 6) is -0.227. The van der Waals surface area contributed by atoms with Crippen LogP contribution in [0.2, 0.25) is 0 Å². The lowest BCUT2D eigenvalue weighted by Gasteiger charge is -2.12. The van der Waals surface area contributed by atoms with Gasteiger partial charge in [0.2, 0.25) is 5.88 Å². The third-order valence-corrected chi connectivity index (χ3v) is 4.94. The average Bonchev–Trinajstić information content (AvgIpc) is 3.20. The Bertz CT molecular complexity index is 949. The summed E-state index contributed by atoms with van der Waals surface area (Å²) < 4.78 is 41.8. The van der Waals surface area contributed by atoms with Gasteiger partial charge in [0.05, 0.1) is 28.6 Å². The first-order valence-corrected chi connectivity index (χ1v) is 7.50. The van der Waals surface area contributed by atoms with Crippen molar-refractivity contribution >= 4 is 0 Å². The van der Waals surface area contributed by atoms with Gasteiger partial charge in [-0.15, -0.1) is 0 Å². The fourth-order valence-corrected chi connectivity index (χ4v) is 3.93. The van der Waals surface area contributed by atoms with E-state index in [2.05, 4.69) is 0 Å². The molecule has 0 spiro atoms. The number of nitriles is 1. The van der Waals surface area contributed by atoms with Crippen LogP contribution in [0.15, 0.2) is 23.0 Å². The highest BCUT2D eigenvalue weighted by Gasteiger charge is 2.43. The lowest BCUT2D eigenvalue weighted by Crippen LogP contribution is -2.25. The molecule has 2 aliphatic rings. The second-order valence-electron chi connectivity index (χ2n) is 6.20. The molecule has 1 fully saturated rings. The summed E-state index contributed by atoms with van der Waals surface area (Å²) in [6, 6.07) is 4.49. The Balaban J connectivity index is 1.94. The van der Waals surface area contributed by atoms with E-state index >= 15 is 0 Å². The van der Waals surface area contributed by atoms with E-state index in [1.807, 2.05) is 0 Å². The van der Waals surface area contributed by atoms with E-state index in [9.17, 15) is 23.1 Å². The highest BCUT2D eigenvalue weighted by atomic mass is 19.4. The summed E-state index contributed by atoms with van der Waals surface area (Å²) in [5, 5.41) is 19.3. The minimum absolute atomic E-state index is 0.00474. The van der Waals surface area contributed by atoms with Crippen molar-refractivity contribution in [3.8, 4) is 17.6 Å². The van der Waals surface area contributed by atoms with Crippen molar-refractivity contribution in [1.82, 2.24) is 9.13 Å². The number of benzene rings is 1. The van der Waals surface area contributed by atoms with E-state index in [0.29, 0.717) is 5.69 Å². The fraction of sp³-hybridized carbons (Fsp3) is 0.375. The van der Waals surface area contributed by atoms with Gasteiger partial charge in [-0.25, -0.2) is 9.36 Å². The van der Waals surface area contributed by atoms with E-state index in [4.69, 9.17) is 5.26 Å². The van der Waals surface area contributed by atoms with E-state index in [-0.39, 0.29) is 23.5 Å². The largest absolute Gasteiger partial charge is 0.493 e. The van der Waals surface area contributed by atoms with E-state index in [1.165, 1.54) is 16.7 Å². The first-order valence-electron chi connectivity index (χ1n) is 7.50. The van der Waals surface area contributed by atoms with Gasteiger partial charge in [-0.2, -0.15) is 18.4 Å². The van der Waals surface area contributed by atoms with Gasteiger partial charge in [-0.05, 0) is 37.5 Å². The van der Waals surface area contributed by atoms with Crippen LogP contribution in [0.5, 0.6) is 5.88 Å². The van der Waals surface area contributed by atoms with Crippen molar-refractivity contribution < 1.29 is 18.3 Å². The molecule has 1 aliphatic heterocycles. The van der Waals surface area contributed by atoms with Crippen LogP contribution >= 0.6 is 0 Å². The SMILES string of the molecule is N#Cc1ccc(-n2c(O)c3n(c2=O)[C@@H]2CC[C@H]3C2)cc1C(F)(F)F. The van der Waals surface area contributed by atoms with Crippen molar-refractivity contribution in [2.75, 3.05) is 0 Å². The molecule has 0 saturated heterocycles. The predicted molar refractivity (Wildman–Crippen MR) is 77.0 cm³/mol. The summed E-state index contributed by atoms with van der Waals surface area (Å²) in [6.07, 6.45) is -2.23. The van der Waals surface area contributed by atoms with Gasteiger partial charge in [0.1, 0.15) is 0 Å². The van der Waals surface area contributed by atoms with Gasteiger partial charge in [-0.3, -0.25) is 4.57 Å². The van der Waals surface area contributed by atoms with Crippen LogP contribution in [0.3, 0.4) is 0 Å². The normalized spacial score (nSPS) is 21.8. The smallest absolute Gasteiger partial charge is 0.417 e. The molecule has 0 unspecified atom stereocenters. The van der Waals surface area contributed by atoms with E-state index < -0.39 is 23.0 Å². The Morgan fingerprint density at radius 3 is 2.67 bits per heavy atom. The third-order valence-electron chi connectivity index (χ3n) is 4.94. The summed E-state index contributed by atoms with van der Waals surface area (Å²) in [7, 11) is 0. The molecular weight excluding hydrogens is 323 g/mol. The van der Waals surface area contributed by atoms with E-state index in [1.54, 1.807) is 0 Å². The molecule has 1 aromatic heterocycles. The summed E-state index contributed by atoms with van der Waals surface area (Å²) >= 11 is 0. The van der Waals surface area contributed by atoms with Crippen LogP contribution in [-0.4, -0.2) is 14.2 Å². The van der Waals surface area contributed by atoms with Crippen molar-refractivity contribution in [3.63, 3.8) is 0 Å². The number of alkyl halides is 3. The predicted octanol–water partition coefficient (Wildman–Crippen LogP) is 3.06.